The molecule has 0 amide bonds. The Labute approximate surface area is 160 Å². The highest BCUT2D eigenvalue weighted by molar-refractivity contribution is 7.98. The van der Waals surface area contributed by atoms with Crippen molar-refractivity contribution >= 4 is 28.5 Å². The van der Waals surface area contributed by atoms with Crippen LogP contribution >= 0.6 is 11.8 Å². The number of furan rings is 1. The maximum Gasteiger partial charge on any atom is 0.373 e. The van der Waals surface area contributed by atoms with E-state index < -0.39 is 5.97 Å². The van der Waals surface area contributed by atoms with Crippen LogP contribution in [0.3, 0.4) is 0 Å². The molecule has 0 fully saturated rings. The molecule has 0 aliphatic carbocycles. The van der Waals surface area contributed by atoms with Crippen molar-refractivity contribution in [3.63, 3.8) is 0 Å². The Morgan fingerprint density at radius 2 is 1.70 bits per heavy atom. The van der Waals surface area contributed by atoms with Crippen molar-refractivity contribution < 1.29 is 13.9 Å². The maximum absolute atomic E-state index is 11.5. The first-order chi connectivity index (χ1) is 13.3. The molecule has 4 aromatic rings. The van der Waals surface area contributed by atoms with Crippen molar-refractivity contribution in [1.29, 1.82) is 0 Å². The summed E-state index contributed by atoms with van der Waals surface area (Å²) in [5, 5.41) is 11.8. The molecule has 5 nitrogen and oxygen atoms in total. The van der Waals surface area contributed by atoms with E-state index in [0.29, 0.717) is 11.5 Å². The van der Waals surface area contributed by atoms with Crippen molar-refractivity contribution in [2.45, 2.75) is 10.8 Å². The first-order valence-corrected chi connectivity index (χ1v) is 9.35. The monoisotopic (exact) mass is 376 g/mol. The third-order valence-electron chi connectivity index (χ3n) is 4.10. The molecule has 0 saturated heterocycles. The van der Waals surface area contributed by atoms with Crippen LogP contribution in [0.15, 0.2) is 76.2 Å². The van der Waals surface area contributed by atoms with Crippen LogP contribution in [0.4, 0.5) is 0 Å². The van der Waals surface area contributed by atoms with Gasteiger partial charge in [-0.25, -0.2) is 4.79 Å². The number of methoxy groups -OCH3 is 1. The number of benzene rings is 2. The molecular formula is C21H16N2O3S. The smallest absolute Gasteiger partial charge is 0.373 e. The summed E-state index contributed by atoms with van der Waals surface area (Å²) in [4.78, 5) is 11.5. The number of esters is 1. The molecule has 0 unspecified atom stereocenters. The summed E-state index contributed by atoms with van der Waals surface area (Å²) in [7, 11) is 1.33. The second-order valence-corrected chi connectivity index (χ2v) is 6.78. The predicted octanol–water partition coefficient (Wildman–Crippen LogP) is 4.97. The van der Waals surface area contributed by atoms with E-state index in [1.54, 1.807) is 12.1 Å². The zero-order valence-corrected chi connectivity index (χ0v) is 15.4. The molecule has 6 heteroatoms. The van der Waals surface area contributed by atoms with Gasteiger partial charge in [-0.2, -0.15) is 0 Å². The zero-order valence-electron chi connectivity index (χ0n) is 14.6. The van der Waals surface area contributed by atoms with Gasteiger partial charge < -0.3 is 9.15 Å². The Bertz CT molecular complexity index is 1090. The number of thioether (sulfide) groups is 1. The average Bonchev–Trinajstić information content (AvgIpc) is 3.21. The fourth-order valence-electron chi connectivity index (χ4n) is 2.80. The Balaban J connectivity index is 1.63. The normalized spacial score (nSPS) is 10.9. The van der Waals surface area contributed by atoms with Crippen LogP contribution in [0.2, 0.25) is 0 Å². The van der Waals surface area contributed by atoms with Crippen LogP contribution in [0.25, 0.3) is 22.0 Å². The van der Waals surface area contributed by atoms with Gasteiger partial charge in [-0.05, 0) is 12.1 Å². The number of carbonyl (C=O) groups is 1. The van der Waals surface area contributed by atoms with Crippen molar-refractivity contribution in [2.24, 2.45) is 0 Å². The van der Waals surface area contributed by atoms with Gasteiger partial charge in [0, 0.05) is 16.3 Å². The second kappa shape index (κ2) is 7.63. The Hall–Kier alpha value is -3.12. The molecule has 4 rings (SSSR count). The summed E-state index contributed by atoms with van der Waals surface area (Å²) < 4.78 is 10.2. The number of aromatic nitrogens is 2. The zero-order chi connectivity index (χ0) is 18.6. The minimum atomic E-state index is -0.483. The molecule has 0 saturated carbocycles. The molecule has 27 heavy (non-hydrogen) atoms. The predicted molar refractivity (Wildman–Crippen MR) is 105 cm³/mol. The molecular weight excluding hydrogens is 360 g/mol. The van der Waals surface area contributed by atoms with Gasteiger partial charge in [-0.15, -0.1) is 10.2 Å². The first-order valence-electron chi connectivity index (χ1n) is 8.37. The van der Waals surface area contributed by atoms with E-state index in [4.69, 9.17) is 4.42 Å². The summed E-state index contributed by atoms with van der Waals surface area (Å²) in [6, 6.07) is 21.5. The van der Waals surface area contributed by atoms with Crippen LogP contribution in [0, 0.1) is 0 Å². The molecule has 0 N–H and O–H groups in total. The van der Waals surface area contributed by atoms with E-state index in [9.17, 15) is 4.79 Å². The largest absolute Gasteiger partial charge is 0.463 e. The fraction of sp³-hybridized carbons (Fsp3) is 0.0952. The third-order valence-corrected chi connectivity index (χ3v) is 5.10. The minimum Gasteiger partial charge on any atom is -0.463 e. The summed E-state index contributed by atoms with van der Waals surface area (Å²) in [6.45, 7) is 0. The number of rotatable bonds is 5. The highest BCUT2D eigenvalue weighted by Gasteiger charge is 2.14. The highest BCUT2D eigenvalue weighted by Crippen LogP contribution is 2.33. The van der Waals surface area contributed by atoms with E-state index in [2.05, 4.69) is 21.0 Å². The number of hydrogen-bond donors (Lipinski definition) is 0. The molecule has 2 aromatic heterocycles. The lowest BCUT2D eigenvalue weighted by Crippen LogP contribution is -1.98. The topological polar surface area (TPSA) is 65.2 Å². The number of hydrogen-bond acceptors (Lipinski definition) is 6. The van der Waals surface area contributed by atoms with Gasteiger partial charge in [-0.1, -0.05) is 66.4 Å². The molecule has 0 bridgehead atoms. The van der Waals surface area contributed by atoms with Crippen LogP contribution in [-0.2, 0) is 10.5 Å². The van der Waals surface area contributed by atoms with E-state index >= 15 is 0 Å². The van der Waals surface area contributed by atoms with Gasteiger partial charge in [0.25, 0.3) is 0 Å². The molecule has 0 atom stereocenters. The van der Waals surface area contributed by atoms with E-state index in [1.807, 2.05) is 48.5 Å². The number of fused-ring (bicyclic) bond motifs is 1. The summed E-state index contributed by atoms with van der Waals surface area (Å²) in [5.74, 6) is 0.936. The molecule has 0 spiro atoms. The Morgan fingerprint density at radius 3 is 2.48 bits per heavy atom. The van der Waals surface area contributed by atoms with Crippen LogP contribution in [0.1, 0.15) is 16.3 Å². The standard InChI is InChI=1S/C21H16N2O3S/c1-25-21(24)18-12-11-15(26-18)13-27-20-17-10-6-5-9-16(17)19(22-23-20)14-7-3-2-4-8-14/h2-12H,13H2,1H3. The minimum absolute atomic E-state index is 0.198. The van der Waals surface area contributed by atoms with Crippen molar-refractivity contribution in [3.8, 4) is 11.3 Å². The highest BCUT2D eigenvalue weighted by atomic mass is 32.2. The van der Waals surface area contributed by atoms with Crippen LogP contribution in [-0.4, -0.2) is 23.3 Å². The van der Waals surface area contributed by atoms with E-state index in [0.717, 1.165) is 27.1 Å². The number of nitrogens with zero attached hydrogens (tertiary/aromatic N) is 2. The third kappa shape index (κ3) is 3.57. The maximum atomic E-state index is 11.5. The molecule has 134 valence electrons. The molecule has 0 aliphatic heterocycles. The van der Waals surface area contributed by atoms with Crippen molar-refractivity contribution in [2.75, 3.05) is 7.11 Å². The lowest BCUT2D eigenvalue weighted by atomic mass is 10.1. The molecule has 2 aromatic carbocycles. The summed E-state index contributed by atoms with van der Waals surface area (Å²) in [6.07, 6.45) is 0. The first kappa shape index (κ1) is 17.3. The SMILES string of the molecule is COC(=O)c1ccc(CSc2nnc(-c3ccccc3)c3ccccc23)o1. The van der Waals surface area contributed by atoms with Gasteiger partial charge >= 0.3 is 5.97 Å². The lowest BCUT2D eigenvalue weighted by Gasteiger charge is -2.08. The van der Waals surface area contributed by atoms with Crippen LogP contribution < -0.4 is 0 Å². The molecule has 0 aliphatic rings. The van der Waals surface area contributed by atoms with E-state index in [-0.39, 0.29) is 5.76 Å². The summed E-state index contributed by atoms with van der Waals surface area (Å²) >= 11 is 1.52. The lowest BCUT2D eigenvalue weighted by molar-refractivity contribution is 0.0563. The van der Waals surface area contributed by atoms with E-state index in [1.165, 1.54) is 18.9 Å². The summed E-state index contributed by atoms with van der Waals surface area (Å²) in [5.41, 5.74) is 1.90. The van der Waals surface area contributed by atoms with Gasteiger partial charge in [-0.3, -0.25) is 0 Å². The van der Waals surface area contributed by atoms with Crippen molar-refractivity contribution in [3.05, 3.63) is 78.3 Å². The van der Waals surface area contributed by atoms with Gasteiger partial charge in [0.05, 0.1) is 12.9 Å². The van der Waals surface area contributed by atoms with Crippen molar-refractivity contribution in [1.82, 2.24) is 10.2 Å². The number of ether oxygens (including phenoxy) is 1. The van der Waals surface area contributed by atoms with Gasteiger partial charge in [0.2, 0.25) is 5.76 Å². The quantitative estimate of drug-likeness (QED) is 0.362. The number of carbonyl (C=O) groups excluding carboxylic acids is 1. The van der Waals surface area contributed by atoms with Gasteiger partial charge in [0.15, 0.2) is 0 Å². The molecule has 2 heterocycles. The van der Waals surface area contributed by atoms with Gasteiger partial charge in [0.1, 0.15) is 16.5 Å². The van der Waals surface area contributed by atoms with Crippen LogP contribution in [0.5, 0.6) is 0 Å². The molecule has 0 radical (unpaired) electrons. The Kier molecular flexibility index (Phi) is 4.89. The average molecular weight is 376 g/mol. The Morgan fingerprint density at radius 1 is 0.963 bits per heavy atom. The second-order valence-electron chi connectivity index (χ2n) is 5.81. The fourth-order valence-corrected chi connectivity index (χ4v) is 3.67.